The van der Waals surface area contributed by atoms with Gasteiger partial charge in [-0.1, -0.05) is 36.4 Å². The number of benzene rings is 2. The molecular weight excluding hydrogens is 378 g/mol. The smallest absolute Gasteiger partial charge is 0.444 e. The van der Waals surface area contributed by atoms with E-state index in [2.05, 4.69) is 0 Å². The summed E-state index contributed by atoms with van der Waals surface area (Å²) < 4.78 is 57.6. The summed E-state index contributed by atoms with van der Waals surface area (Å²) in [6.45, 7) is 0.390. The molecule has 0 spiro atoms. The molecule has 0 fully saturated rings. The molecule has 1 amide bonds. The third-order valence-electron chi connectivity index (χ3n) is 4.63. The zero-order valence-corrected chi connectivity index (χ0v) is 14.9. The van der Waals surface area contributed by atoms with Gasteiger partial charge in [0.2, 0.25) is 0 Å². The van der Waals surface area contributed by atoms with Gasteiger partial charge in [0.05, 0.1) is 5.69 Å². The van der Waals surface area contributed by atoms with Gasteiger partial charge in [-0.15, -0.1) is 0 Å². The van der Waals surface area contributed by atoms with E-state index in [1.165, 1.54) is 11.0 Å². The van der Waals surface area contributed by atoms with Gasteiger partial charge >= 0.3 is 18.1 Å². The van der Waals surface area contributed by atoms with Crippen LogP contribution in [-0.2, 0) is 23.6 Å². The largest absolute Gasteiger partial charge is 0.453 e. The number of aryl methyl sites for hydroxylation is 1. The lowest BCUT2D eigenvalue weighted by molar-refractivity contribution is -0.323. The second-order valence-corrected chi connectivity index (χ2v) is 6.61. The van der Waals surface area contributed by atoms with Gasteiger partial charge in [-0.05, 0) is 42.5 Å². The van der Waals surface area contributed by atoms with Crippen molar-refractivity contribution in [2.75, 3.05) is 11.4 Å². The third kappa shape index (κ3) is 4.11. The van der Waals surface area contributed by atoms with E-state index in [0.717, 1.165) is 17.7 Å². The van der Waals surface area contributed by atoms with Gasteiger partial charge in [-0.2, -0.15) is 17.6 Å². The van der Waals surface area contributed by atoms with Crippen LogP contribution in [0, 0.1) is 0 Å². The Bertz CT molecular complexity index is 837. The van der Waals surface area contributed by atoms with Crippen LogP contribution in [0.2, 0.25) is 0 Å². The number of ether oxygens (including phenoxy) is 1. The summed E-state index contributed by atoms with van der Waals surface area (Å²) in [6, 6.07) is 12.1. The molecule has 0 saturated carbocycles. The minimum absolute atomic E-state index is 0.0574. The van der Waals surface area contributed by atoms with Crippen molar-refractivity contribution in [2.24, 2.45) is 0 Å². The average molecular weight is 397 g/mol. The molecule has 0 bridgehead atoms. The van der Waals surface area contributed by atoms with Crippen LogP contribution in [0.3, 0.4) is 0 Å². The Labute approximate surface area is 159 Å². The zero-order chi connectivity index (χ0) is 20.4. The first-order valence-corrected chi connectivity index (χ1v) is 8.80. The topological polar surface area (TPSA) is 49.8 Å². The van der Waals surface area contributed by atoms with E-state index >= 15 is 0 Å². The fraction of sp³-hybridized carbons (Fsp3) is 0.350. The molecule has 1 aliphatic heterocycles. The maximum atomic E-state index is 13.9. The van der Waals surface area contributed by atoms with Gasteiger partial charge in [0.25, 0.3) is 0 Å². The first kappa shape index (κ1) is 20.1. The highest BCUT2D eigenvalue weighted by molar-refractivity contribution is 5.89. The first-order chi connectivity index (χ1) is 13.2. The molecule has 0 aliphatic carbocycles. The van der Waals surface area contributed by atoms with Crippen molar-refractivity contribution < 1.29 is 32.2 Å². The molecular formula is C20H19F4NO3. The number of carbonyl (C=O) groups is 1. The van der Waals surface area contributed by atoms with Crippen molar-refractivity contribution in [1.29, 1.82) is 0 Å². The third-order valence-corrected chi connectivity index (χ3v) is 4.63. The molecule has 1 aliphatic rings. The Balaban J connectivity index is 1.83. The molecule has 1 heterocycles. The normalized spacial score (nSPS) is 16.7. The summed E-state index contributed by atoms with van der Waals surface area (Å²) in [7, 11) is 0. The van der Waals surface area contributed by atoms with E-state index in [-0.39, 0.29) is 6.61 Å². The monoisotopic (exact) mass is 397 g/mol. The molecule has 150 valence electrons. The van der Waals surface area contributed by atoms with Crippen LogP contribution in [0.4, 0.5) is 28.0 Å². The number of alkyl halides is 4. The number of amides is 1. The van der Waals surface area contributed by atoms with Crippen LogP contribution in [0.25, 0.3) is 0 Å². The molecule has 1 atom stereocenters. The minimum Gasteiger partial charge on any atom is -0.444 e. The zero-order valence-electron chi connectivity index (χ0n) is 14.9. The number of carbonyl (C=O) groups excluding carboxylic acids is 1. The van der Waals surface area contributed by atoms with Crippen molar-refractivity contribution >= 4 is 11.8 Å². The molecule has 8 heteroatoms. The van der Waals surface area contributed by atoms with E-state index < -0.39 is 23.7 Å². The Kier molecular flexibility index (Phi) is 5.60. The lowest BCUT2D eigenvalue weighted by Crippen LogP contribution is -2.38. The number of rotatable bonds is 3. The van der Waals surface area contributed by atoms with Gasteiger partial charge < -0.3 is 9.84 Å². The summed E-state index contributed by atoms with van der Waals surface area (Å²) in [5, 5.41) is 9.28. The highest BCUT2D eigenvalue weighted by atomic mass is 19.4. The molecule has 4 nitrogen and oxygen atoms in total. The molecule has 2 aromatic rings. The highest BCUT2D eigenvalue weighted by Crippen LogP contribution is 2.42. The number of anilines is 1. The van der Waals surface area contributed by atoms with Crippen molar-refractivity contribution in [3.8, 4) is 0 Å². The number of halogens is 4. The Morgan fingerprint density at radius 2 is 1.79 bits per heavy atom. The van der Waals surface area contributed by atoms with Crippen LogP contribution < -0.4 is 4.90 Å². The van der Waals surface area contributed by atoms with E-state index in [9.17, 15) is 27.5 Å². The van der Waals surface area contributed by atoms with Crippen molar-refractivity contribution in [1.82, 2.24) is 0 Å². The lowest BCUT2D eigenvalue weighted by Gasteiger charge is -2.26. The van der Waals surface area contributed by atoms with Crippen LogP contribution >= 0.6 is 0 Å². The van der Waals surface area contributed by atoms with E-state index in [4.69, 9.17) is 4.74 Å². The van der Waals surface area contributed by atoms with Gasteiger partial charge in [0.15, 0.2) is 0 Å². The summed E-state index contributed by atoms with van der Waals surface area (Å²) >= 11 is 0. The second kappa shape index (κ2) is 7.79. The van der Waals surface area contributed by atoms with Gasteiger partial charge in [-0.3, -0.25) is 4.90 Å². The van der Waals surface area contributed by atoms with Gasteiger partial charge in [-0.25, -0.2) is 4.79 Å². The minimum atomic E-state index is -5.46. The van der Waals surface area contributed by atoms with Crippen LogP contribution in [0.1, 0.15) is 29.5 Å². The second-order valence-electron chi connectivity index (χ2n) is 6.61. The SMILES string of the molecule is O=C(OCc1ccccc1)N1CCCCc2cc(C(O)(F)C(F)(F)F)ccc21. The van der Waals surface area contributed by atoms with Crippen LogP contribution in [0.15, 0.2) is 48.5 Å². The van der Waals surface area contributed by atoms with E-state index in [1.54, 1.807) is 12.1 Å². The summed E-state index contributed by atoms with van der Waals surface area (Å²) in [4.78, 5) is 13.9. The van der Waals surface area contributed by atoms with Gasteiger partial charge in [0.1, 0.15) is 6.61 Å². The molecule has 1 N–H and O–H groups in total. The highest BCUT2D eigenvalue weighted by Gasteiger charge is 2.56. The molecule has 1 unspecified atom stereocenters. The fourth-order valence-corrected chi connectivity index (χ4v) is 3.11. The van der Waals surface area contributed by atoms with Crippen LogP contribution in [0.5, 0.6) is 0 Å². The van der Waals surface area contributed by atoms with Crippen molar-refractivity contribution in [3.63, 3.8) is 0 Å². The quantitative estimate of drug-likeness (QED) is 0.754. The number of aliphatic hydroxyl groups is 1. The Morgan fingerprint density at radius 1 is 1.07 bits per heavy atom. The molecule has 0 radical (unpaired) electrons. The predicted octanol–water partition coefficient (Wildman–Crippen LogP) is 4.84. The number of fused-ring (bicyclic) bond motifs is 1. The maximum absolute atomic E-state index is 13.9. The van der Waals surface area contributed by atoms with E-state index in [0.29, 0.717) is 37.1 Å². The number of hydrogen-bond acceptors (Lipinski definition) is 3. The Hall–Kier alpha value is -2.61. The lowest BCUT2D eigenvalue weighted by atomic mass is 9.99. The summed E-state index contributed by atoms with van der Waals surface area (Å²) in [6.07, 6.45) is -4.51. The summed E-state index contributed by atoms with van der Waals surface area (Å²) in [5.74, 6) is -4.45. The van der Waals surface area contributed by atoms with Crippen molar-refractivity contribution in [3.05, 3.63) is 65.2 Å². The first-order valence-electron chi connectivity index (χ1n) is 8.80. The molecule has 0 saturated heterocycles. The molecule has 28 heavy (non-hydrogen) atoms. The molecule has 2 aromatic carbocycles. The van der Waals surface area contributed by atoms with Crippen molar-refractivity contribution in [2.45, 2.75) is 37.9 Å². The Morgan fingerprint density at radius 3 is 2.46 bits per heavy atom. The average Bonchev–Trinajstić information content (AvgIpc) is 2.88. The maximum Gasteiger partial charge on any atom is 0.453 e. The molecule has 3 rings (SSSR count). The van der Waals surface area contributed by atoms with Crippen LogP contribution in [-0.4, -0.2) is 23.9 Å². The predicted molar refractivity (Wildman–Crippen MR) is 94.4 cm³/mol. The molecule has 0 aromatic heterocycles. The van der Waals surface area contributed by atoms with Gasteiger partial charge in [0, 0.05) is 12.1 Å². The standard InChI is InChI=1S/C20H19F4NO3/c21-19(27,20(22,23)24)16-9-10-17-15(12-16)8-4-5-11-25(17)18(26)28-13-14-6-2-1-3-7-14/h1-3,6-7,9-10,12,27H,4-5,8,11,13H2. The fourth-order valence-electron chi connectivity index (χ4n) is 3.11. The summed E-state index contributed by atoms with van der Waals surface area (Å²) in [5.41, 5.74) is 0.608. The van der Waals surface area contributed by atoms with E-state index in [1.807, 2.05) is 18.2 Å². The number of hydrogen-bond donors (Lipinski definition) is 1. The number of nitrogens with zero attached hydrogens (tertiary/aromatic N) is 1.